The van der Waals surface area contributed by atoms with E-state index in [0.717, 1.165) is 36.9 Å². The number of benzene rings is 1. The zero-order valence-corrected chi connectivity index (χ0v) is 19.8. The van der Waals surface area contributed by atoms with E-state index in [1.165, 1.54) is 6.42 Å². The van der Waals surface area contributed by atoms with Gasteiger partial charge in [-0.3, -0.25) is 9.59 Å². The predicted octanol–water partition coefficient (Wildman–Crippen LogP) is 4.62. The van der Waals surface area contributed by atoms with Crippen LogP contribution in [0.25, 0.3) is 11.5 Å². The number of fused-ring (bicyclic) bond motifs is 1. The number of methoxy groups -OCH3 is 1. The van der Waals surface area contributed by atoms with Crippen molar-refractivity contribution in [1.82, 2.24) is 14.8 Å². The standard InChI is InChI=1S/C27H31N3O4/c1-27(26(32)28-20-10-4-3-5-11-20)18-29-21(24-13-8-16-34-24)14-15-22(29)25(31)30(27)17-19-9-6-7-12-23(19)33-2/h6-9,12-16,20H,3-5,10-11,17-18H2,1-2H3,(H,28,32)/t27-/m0/s1. The number of hydrogen-bond donors (Lipinski definition) is 1. The van der Waals surface area contributed by atoms with Gasteiger partial charge in [0, 0.05) is 11.6 Å². The summed E-state index contributed by atoms with van der Waals surface area (Å²) >= 11 is 0. The van der Waals surface area contributed by atoms with Gasteiger partial charge in [-0.1, -0.05) is 37.5 Å². The van der Waals surface area contributed by atoms with Gasteiger partial charge in [0.15, 0.2) is 0 Å². The normalized spacial score (nSPS) is 20.8. The molecule has 3 heterocycles. The Labute approximate surface area is 199 Å². The minimum atomic E-state index is -1.08. The molecule has 1 aliphatic heterocycles. The third kappa shape index (κ3) is 3.89. The molecule has 3 aromatic rings. The van der Waals surface area contributed by atoms with Gasteiger partial charge < -0.3 is 23.9 Å². The van der Waals surface area contributed by atoms with E-state index in [9.17, 15) is 9.59 Å². The smallest absolute Gasteiger partial charge is 0.271 e. The van der Waals surface area contributed by atoms with Crippen molar-refractivity contribution < 1.29 is 18.7 Å². The third-order valence-electron chi connectivity index (χ3n) is 7.23. The summed E-state index contributed by atoms with van der Waals surface area (Å²) in [5.74, 6) is 1.07. The quantitative estimate of drug-likeness (QED) is 0.581. The molecule has 7 heteroatoms. The zero-order valence-electron chi connectivity index (χ0n) is 19.8. The predicted molar refractivity (Wildman–Crippen MR) is 128 cm³/mol. The summed E-state index contributed by atoms with van der Waals surface area (Å²) in [5, 5.41) is 3.27. The van der Waals surface area contributed by atoms with Crippen molar-refractivity contribution in [3.63, 3.8) is 0 Å². The number of amides is 2. The van der Waals surface area contributed by atoms with Gasteiger partial charge in [0.25, 0.3) is 5.91 Å². The molecule has 2 aliphatic rings. The number of nitrogens with one attached hydrogen (secondary N) is 1. The van der Waals surface area contributed by atoms with Gasteiger partial charge in [-0.25, -0.2) is 0 Å². The van der Waals surface area contributed by atoms with Crippen LogP contribution < -0.4 is 10.1 Å². The van der Waals surface area contributed by atoms with E-state index in [4.69, 9.17) is 9.15 Å². The number of carbonyl (C=O) groups is 2. The van der Waals surface area contributed by atoms with Crippen LogP contribution in [0.3, 0.4) is 0 Å². The molecule has 0 saturated heterocycles. The van der Waals surface area contributed by atoms with Crippen LogP contribution in [0.5, 0.6) is 5.75 Å². The molecule has 7 nitrogen and oxygen atoms in total. The van der Waals surface area contributed by atoms with E-state index in [1.54, 1.807) is 18.3 Å². The number of ether oxygens (including phenoxy) is 1. The van der Waals surface area contributed by atoms with E-state index in [-0.39, 0.29) is 24.4 Å². The number of hydrogen-bond acceptors (Lipinski definition) is 4. The van der Waals surface area contributed by atoms with Crippen molar-refractivity contribution in [1.29, 1.82) is 0 Å². The molecular weight excluding hydrogens is 430 g/mol. The molecule has 1 fully saturated rings. The summed E-state index contributed by atoms with van der Waals surface area (Å²) in [7, 11) is 1.62. The number of carbonyl (C=O) groups excluding carboxylic acids is 2. The molecule has 0 spiro atoms. The summed E-state index contributed by atoms with van der Waals surface area (Å²) < 4.78 is 13.1. The average Bonchev–Trinajstić information content (AvgIpc) is 3.52. The topological polar surface area (TPSA) is 76.7 Å². The Bertz CT molecular complexity index is 1180. The summed E-state index contributed by atoms with van der Waals surface area (Å²) in [5.41, 5.74) is 1.12. The molecule has 0 radical (unpaired) electrons. The highest BCUT2D eigenvalue weighted by Crippen LogP contribution is 2.35. The lowest BCUT2D eigenvalue weighted by molar-refractivity contribution is -0.134. The first-order valence-corrected chi connectivity index (χ1v) is 12.0. The van der Waals surface area contributed by atoms with Crippen molar-refractivity contribution >= 4 is 11.8 Å². The van der Waals surface area contributed by atoms with Crippen LogP contribution in [-0.2, 0) is 17.9 Å². The second-order valence-corrected chi connectivity index (χ2v) is 9.45. The second-order valence-electron chi connectivity index (χ2n) is 9.45. The van der Waals surface area contributed by atoms with E-state index in [2.05, 4.69) is 5.32 Å². The number of aromatic nitrogens is 1. The highest BCUT2D eigenvalue weighted by molar-refractivity contribution is 6.00. The number of furan rings is 1. The molecule has 0 unspecified atom stereocenters. The highest BCUT2D eigenvalue weighted by atomic mass is 16.5. The minimum absolute atomic E-state index is 0.118. The fourth-order valence-electron chi connectivity index (χ4n) is 5.25. The maximum Gasteiger partial charge on any atom is 0.271 e. The molecular formula is C27H31N3O4. The number of para-hydroxylation sites is 1. The van der Waals surface area contributed by atoms with Crippen molar-refractivity contribution in [3.8, 4) is 17.2 Å². The fraction of sp³-hybridized carbons (Fsp3) is 0.407. The van der Waals surface area contributed by atoms with E-state index < -0.39 is 5.54 Å². The van der Waals surface area contributed by atoms with Gasteiger partial charge in [-0.05, 0) is 50.1 Å². The van der Waals surface area contributed by atoms with Crippen LogP contribution in [0.4, 0.5) is 0 Å². The zero-order chi connectivity index (χ0) is 23.7. The van der Waals surface area contributed by atoms with Gasteiger partial charge >= 0.3 is 0 Å². The van der Waals surface area contributed by atoms with Crippen LogP contribution in [0.15, 0.2) is 59.2 Å². The van der Waals surface area contributed by atoms with Crippen LogP contribution in [-0.4, -0.2) is 40.0 Å². The average molecular weight is 462 g/mol. The van der Waals surface area contributed by atoms with Crippen molar-refractivity contribution in [2.24, 2.45) is 0 Å². The van der Waals surface area contributed by atoms with E-state index in [0.29, 0.717) is 23.7 Å². The Morgan fingerprint density at radius 2 is 1.85 bits per heavy atom. The highest BCUT2D eigenvalue weighted by Gasteiger charge is 2.48. The second kappa shape index (κ2) is 9.05. The molecule has 1 N–H and O–H groups in total. The first kappa shape index (κ1) is 22.3. The van der Waals surface area contributed by atoms with Crippen molar-refractivity contribution in [3.05, 3.63) is 66.1 Å². The molecule has 34 heavy (non-hydrogen) atoms. The summed E-state index contributed by atoms with van der Waals surface area (Å²) in [6, 6.07) is 15.2. The lowest BCUT2D eigenvalue weighted by Crippen LogP contribution is -2.64. The molecule has 1 aliphatic carbocycles. The van der Waals surface area contributed by atoms with Gasteiger partial charge in [-0.15, -0.1) is 0 Å². The molecule has 0 bridgehead atoms. The van der Waals surface area contributed by atoms with Crippen LogP contribution >= 0.6 is 0 Å². The third-order valence-corrected chi connectivity index (χ3v) is 7.23. The molecule has 5 rings (SSSR count). The first-order chi connectivity index (χ1) is 16.5. The minimum Gasteiger partial charge on any atom is -0.496 e. The maximum atomic E-state index is 13.9. The Morgan fingerprint density at radius 1 is 1.09 bits per heavy atom. The molecule has 1 atom stereocenters. The lowest BCUT2D eigenvalue weighted by Gasteiger charge is -2.45. The van der Waals surface area contributed by atoms with Gasteiger partial charge in [0.1, 0.15) is 22.7 Å². The summed E-state index contributed by atoms with van der Waals surface area (Å²) in [6.07, 6.45) is 7.03. The van der Waals surface area contributed by atoms with Crippen molar-refractivity contribution in [2.75, 3.05) is 7.11 Å². The SMILES string of the molecule is COc1ccccc1CN1C(=O)c2ccc(-c3ccco3)n2C[C@@]1(C)C(=O)NC1CCCCC1. The molecule has 178 valence electrons. The lowest BCUT2D eigenvalue weighted by atomic mass is 9.91. The summed E-state index contributed by atoms with van der Waals surface area (Å²) in [4.78, 5) is 29.4. The van der Waals surface area contributed by atoms with Crippen molar-refractivity contribution in [2.45, 2.75) is 63.7 Å². The molecule has 2 amide bonds. The Morgan fingerprint density at radius 3 is 2.59 bits per heavy atom. The van der Waals surface area contributed by atoms with E-state index in [1.807, 2.05) is 60.0 Å². The Balaban J connectivity index is 1.54. The largest absolute Gasteiger partial charge is 0.496 e. The Hall–Kier alpha value is -3.48. The number of nitrogens with zero attached hydrogens (tertiary/aromatic N) is 2. The first-order valence-electron chi connectivity index (χ1n) is 12.0. The fourth-order valence-corrected chi connectivity index (χ4v) is 5.25. The van der Waals surface area contributed by atoms with Crippen LogP contribution in [0.1, 0.15) is 55.1 Å². The summed E-state index contributed by atoms with van der Waals surface area (Å²) in [6.45, 7) is 2.48. The van der Waals surface area contributed by atoms with Gasteiger partial charge in [0.05, 0.1) is 32.2 Å². The monoisotopic (exact) mass is 461 g/mol. The molecule has 1 saturated carbocycles. The molecule has 1 aromatic carbocycles. The van der Waals surface area contributed by atoms with Crippen LogP contribution in [0, 0.1) is 0 Å². The van der Waals surface area contributed by atoms with Gasteiger partial charge in [0.2, 0.25) is 5.91 Å². The number of rotatable bonds is 6. The molecule has 2 aromatic heterocycles. The van der Waals surface area contributed by atoms with Gasteiger partial charge in [-0.2, -0.15) is 0 Å². The maximum absolute atomic E-state index is 13.9. The van der Waals surface area contributed by atoms with Crippen LogP contribution in [0.2, 0.25) is 0 Å². The van der Waals surface area contributed by atoms with E-state index >= 15 is 0 Å². The Kier molecular flexibility index (Phi) is 5.94.